The van der Waals surface area contributed by atoms with Crippen molar-refractivity contribution in [2.24, 2.45) is 0 Å². The fourth-order valence-electron chi connectivity index (χ4n) is 2.59. The summed E-state index contributed by atoms with van der Waals surface area (Å²) in [5.41, 5.74) is 4.15. The van der Waals surface area contributed by atoms with Gasteiger partial charge in [-0.3, -0.25) is 9.13 Å². The Hall–Kier alpha value is -2.59. The second-order valence-corrected chi connectivity index (χ2v) is 5.63. The number of nitrogens with zero attached hydrogens (tertiary/aromatic N) is 4. The average molecular weight is 309 g/mol. The third-order valence-corrected chi connectivity index (χ3v) is 3.83. The number of halogens is 1. The van der Waals surface area contributed by atoms with Crippen molar-refractivity contribution in [3.63, 3.8) is 0 Å². The maximum atomic E-state index is 6.17. The first-order chi connectivity index (χ1) is 10.7. The Labute approximate surface area is 132 Å². The molecule has 0 atom stereocenters. The van der Waals surface area contributed by atoms with E-state index < -0.39 is 0 Å². The maximum Gasteiger partial charge on any atom is 0.220 e. The van der Waals surface area contributed by atoms with Crippen LogP contribution in [0.15, 0.2) is 61.2 Å². The van der Waals surface area contributed by atoms with Crippen molar-refractivity contribution in [3.05, 3.63) is 71.8 Å². The molecule has 22 heavy (non-hydrogen) atoms. The largest absolute Gasteiger partial charge is 0.278 e. The van der Waals surface area contributed by atoms with E-state index in [9.17, 15) is 0 Å². The molecule has 0 aliphatic carbocycles. The third-order valence-electron chi connectivity index (χ3n) is 3.59. The molecule has 0 amide bonds. The predicted molar refractivity (Wildman–Crippen MR) is 87.9 cm³/mol. The number of hydrogen-bond donors (Lipinski definition) is 0. The molecule has 0 bridgehead atoms. The van der Waals surface area contributed by atoms with Crippen LogP contribution in [0.2, 0.25) is 5.02 Å². The van der Waals surface area contributed by atoms with Gasteiger partial charge in [-0.05, 0) is 42.8 Å². The third kappa shape index (κ3) is 2.09. The van der Waals surface area contributed by atoms with Crippen LogP contribution >= 0.6 is 11.6 Å². The summed E-state index contributed by atoms with van der Waals surface area (Å²) in [5, 5.41) is 0.698. The van der Waals surface area contributed by atoms with E-state index in [1.165, 1.54) is 5.56 Å². The molecule has 0 spiro atoms. The Bertz CT molecular complexity index is 954. The first-order valence-corrected chi connectivity index (χ1v) is 7.33. The van der Waals surface area contributed by atoms with E-state index in [1.54, 1.807) is 12.5 Å². The van der Waals surface area contributed by atoms with Gasteiger partial charge in [0.1, 0.15) is 6.33 Å². The summed E-state index contributed by atoms with van der Waals surface area (Å²) < 4.78 is 3.99. The predicted octanol–water partition coefficient (Wildman–Crippen LogP) is 4.17. The minimum Gasteiger partial charge on any atom is -0.278 e. The fourth-order valence-corrected chi connectivity index (χ4v) is 2.78. The number of hydrogen-bond acceptors (Lipinski definition) is 2. The zero-order valence-electron chi connectivity index (χ0n) is 11.9. The Kier molecular flexibility index (Phi) is 2.98. The molecule has 0 unspecified atom stereocenters. The molecule has 0 saturated heterocycles. The molecule has 4 aromatic rings. The first-order valence-electron chi connectivity index (χ1n) is 6.96. The molecular formula is C17H13ClN4. The molecule has 0 radical (unpaired) electrons. The van der Waals surface area contributed by atoms with Gasteiger partial charge < -0.3 is 0 Å². The highest BCUT2D eigenvalue weighted by Gasteiger charge is 2.14. The molecule has 5 heteroatoms. The molecule has 108 valence electrons. The van der Waals surface area contributed by atoms with Gasteiger partial charge >= 0.3 is 0 Å². The highest BCUT2D eigenvalue weighted by Crippen LogP contribution is 2.26. The first kappa shape index (κ1) is 13.1. The number of aromatic nitrogens is 4. The highest BCUT2D eigenvalue weighted by atomic mass is 35.5. The number of benzene rings is 2. The van der Waals surface area contributed by atoms with Gasteiger partial charge in [0.2, 0.25) is 5.95 Å². The van der Waals surface area contributed by atoms with E-state index in [-0.39, 0.29) is 0 Å². The van der Waals surface area contributed by atoms with Crippen LogP contribution < -0.4 is 0 Å². The van der Waals surface area contributed by atoms with E-state index in [0.29, 0.717) is 5.02 Å². The zero-order chi connectivity index (χ0) is 15.1. The Morgan fingerprint density at radius 2 is 2.00 bits per heavy atom. The lowest BCUT2D eigenvalue weighted by Gasteiger charge is -2.10. The molecule has 2 aromatic carbocycles. The smallest absolute Gasteiger partial charge is 0.220 e. The fraction of sp³-hybridized carbons (Fsp3) is 0.0588. The van der Waals surface area contributed by atoms with E-state index >= 15 is 0 Å². The van der Waals surface area contributed by atoms with Crippen LogP contribution in [0.4, 0.5) is 0 Å². The van der Waals surface area contributed by atoms with E-state index in [0.717, 1.165) is 22.7 Å². The molecule has 0 aliphatic heterocycles. The summed E-state index contributed by atoms with van der Waals surface area (Å²) in [4.78, 5) is 8.87. The van der Waals surface area contributed by atoms with E-state index in [2.05, 4.69) is 28.6 Å². The van der Waals surface area contributed by atoms with Crippen LogP contribution in [0.1, 0.15) is 5.56 Å². The summed E-state index contributed by atoms with van der Waals surface area (Å²) in [5.74, 6) is 0.792. The number of rotatable bonds is 2. The molecule has 2 aromatic heterocycles. The molecular weight excluding hydrogens is 296 g/mol. The van der Waals surface area contributed by atoms with Crippen LogP contribution in [0.25, 0.3) is 22.7 Å². The average Bonchev–Trinajstić information content (AvgIpc) is 3.13. The standard InChI is InChI=1S/C17H13ClN4/c1-12-5-6-15-16(9-12)22(14-4-2-3-13(18)10-14)17(20-15)21-8-7-19-11-21/h2-11H,1H3. The number of imidazole rings is 2. The quantitative estimate of drug-likeness (QED) is 0.557. The molecule has 0 aliphatic rings. The normalized spacial score (nSPS) is 11.2. The van der Waals surface area contributed by atoms with Crippen molar-refractivity contribution < 1.29 is 0 Å². The molecule has 0 fully saturated rings. The van der Waals surface area contributed by atoms with E-state index in [4.69, 9.17) is 16.6 Å². The van der Waals surface area contributed by atoms with Crippen molar-refractivity contribution in [2.45, 2.75) is 6.92 Å². The molecule has 4 rings (SSSR count). The van der Waals surface area contributed by atoms with Gasteiger partial charge in [-0.25, -0.2) is 9.97 Å². The van der Waals surface area contributed by atoms with Crippen LogP contribution in [-0.2, 0) is 0 Å². The summed E-state index contributed by atoms with van der Waals surface area (Å²) in [6.07, 6.45) is 5.37. The van der Waals surface area contributed by atoms with Gasteiger partial charge in [0, 0.05) is 17.4 Å². The maximum absolute atomic E-state index is 6.17. The van der Waals surface area contributed by atoms with E-state index in [1.807, 2.05) is 41.1 Å². The summed E-state index contributed by atoms with van der Waals surface area (Å²) in [6, 6.07) is 14.0. The minimum atomic E-state index is 0.698. The Balaban J connectivity index is 2.09. The second kappa shape index (κ2) is 5.00. The Morgan fingerprint density at radius 3 is 2.77 bits per heavy atom. The number of aryl methyl sites for hydroxylation is 1. The monoisotopic (exact) mass is 308 g/mol. The van der Waals surface area contributed by atoms with Gasteiger partial charge in [0.15, 0.2) is 0 Å². The van der Waals surface area contributed by atoms with Crippen molar-refractivity contribution in [1.82, 2.24) is 19.1 Å². The van der Waals surface area contributed by atoms with Crippen molar-refractivity contribution in [3.8, 4) is 11.6 Å². The molecule has 0 saturated carbocycles. The van der Waals surface area contributed by atoms with Crippen molar-refractivity contribution in [1.29, 1.82) is 0 Å². The minimum absolute atomic E-state index is 0.698. The van der Waals surface area contributed by atoms with Crippen LogP contribution in [0, 0.1) is 6.92 Å². The summed E-state index contributed by atoms with van der Waals surface area (Å²) in [7, 11) is 0. The van der Waals surface area contributed by atoms with Gasteiger partial charge in [0.05, 0.1) is 16.7 Å². The van der Waals surface area contributed by atoms with Gasteiger partial charge in [-0.15, -0.1) is 0 Å². The summed E-state index contributed by atoms with van der Waals surface area (Å²) >= 11 is 6.17. The lowest BCUT2D eigenvalue weighted by atomic mass is 10.2. The van der Waals surface area contributed by atoms with Crippen LogP contribution in [0.3, 0.4) is 0 Å². The zero-order valence-corrected chi connectivity index (χ0v) is 12.7. The lowest BCUT2D eigenvalue weighted by Crippen LogP contribution is -2.03. The van der Waals surface area contributed by atoms with Crippen molar-refractivity contribution in [2.75, 3.05) is 0 Å². The SMILES string of the molecule is Cc1ccc2nc(-n3ccnc3)n(-c3cccc(Cl)c3)c2c1. The van der Waals surface area contributed by atoms with Crippen molar-refractivity contribution >= 4 is 22.6 Å². The van der Waals surface area contributed by atoms with Crippen LogP contribution in [-0.4, -0.2) is 19.1 Å². The Morgan fingerprint density at radius 1 is 1.09 bits per heavy atom. The lowest BCUT2D eigenvalue weighted by molar-refractivity contribution is 0.902. The second-order valence-electron chi connectivity index (χ2n) is 5.19. The van der Waals surface area contributed by atoms with Crippen LogP contribution in [0.5, 0.6) is 0 Å². The van der Waals surface area contributed by atoms with Gasteiger partial charge in [-0.2, -0.15) is 0 Å². The number of fused-ring (bicyclic) bond motifs is 1. The molecule has 2 heterocycles. The van der Waals surface area contributed by atoms with Gasteiger partial charge in [-0.1, -0.05) is 23.7 Å². The molecule has 0 N–H and O–H groups in total. The summed E-state index contributed by atoms with van der Waals surface area (Å²) in [6.45, 7) is 2.08. The van der Waals surface area contributed by atoms with Gasteiger partial charge in [0.25, 0.3) is 0 Å². The highest BCUT2D eigenvalue weighted by molar-refractivity contribution is 6.30. The molecule has 4 nitrogen and oxygen atoms in total. The topological polar surface area (TPSA) is 35.6 Å².